The lowest BCUT2D eigenvalue weighted by molar-refractivity contribution is -0.134. The molecule has 0 bridgehead atoms. The van der Waals surface area contributed by atoms with E-state index in [0.29, 0.717) is 6.04 Å². The van der Waals surface area contributed by atoms with Gasteiger partial charge in [0.05, 0.1) is 6.04 Å². The number of thioether (sulfide) groups is 1. The fourth-order valence-electron chi connectivity index (χ4n) is 1.74. The zero-order valence-corrected chi connectivity index (χ0v) is 11.9. The molecule has 1 rings (SSSR count). The van der Waals surface area contributed by atoms with Gasteiger partial charge in [0, 0.05) is 18.8 Å². The number of rotatable bonds is 4. The average molecular weight is 267 g/mol. The first-order chi connectivity index (χ1) is 7.07. The molecule has 16 heavy (non-hydrogen) atoms. The molecule has 3 atom stereocenters. The van der Waals surface area contributed by atoms with E-state index in [2.05, 4.69) is 6.92 Å². The van der Waals surface area contributed by atoms with Crippen LogP contribution in [0.4, 0.5) is 0 Å². The molecule has 1 fully saturated rings. The molecular weight excluding hydrogens is 244 g/mol. The highest BCUT2D eigenvalue weighted by Gasteiger charge is 2.29. The van der Waals surface area contributed by atoms with Gasteiger partial charge in [-0.2, -0.15) is 11.8 Å². The first-order valence-electron chi connectivity index (χ1n) is 5.68. The topological polar surface area (TPSA) is 46.3 Å². The van der Waals surface area contributed by atoms with Crippen LogP contribution in [-0.4, -0.2) is 41.4 Å². The summed E-state index contributed by atoms with van der Waals surface area (Å²) in [5, 5.41) is 0. The molecule has 96 valence electrons. The quantitative estimate of drug-likeness (QED) is 0.843. The third kappa shape index (κ3) is 3.82. The second kappa shape index (κ2) is 7.41. The third-order valence-electron chi connectivity index (χ3n) is 3.34. The number of nitrogens with zero attached hydrogens (tertiary/aromatic N) is 1. The molecule has 5 heteroatoms. The summed E-state index contributed by atoms with van der Waals surface area (Å²) in [7, 11) is 1.89. The van der Waals surface area contributed by atoms with E-state index in [0.717, 1.165) is 18.6 Å². The predicted molar refractivity (Wildman–Crippen MR) is 73.2 cm³/mol. The summed E-state index contributed by atoms with van der Waals surface area (Å²) in [6.07, 6.45) is 2.07. The molecule has 1 heterocycles. The lowest BCUT2D eigenvalue weighted by atomic mass is 9.98. The van der Waals surface area contributed by atoms with Crippen molar-refractivity contribution < 1.29 is 4.79 Å². The lowest BCUT2D eigenvalue weighted by Crippen LogP contribution is -2.49. The monoisotopic (exact) mass is 266 g/mol. The third-order valence-corrected chi connectivity index (χ3v) is 4.49. The van der Waals surface area contributed by atoms with Crippen molar-refractivity contribution in [3.05, 3.63) is 0 Å². The minimum atomic E-state index is -0.328. The number of amides is 1. The fraction of sp³-hybridized carbons (Fsp3) is 0.909. The number of halogens is 1. The molecule has 0 aromatic heterocycles. The van der Waals surface area contributed by atoms with Crippen molar-refractivity contribution in [1.29, 1.82) is 0 Å². The van der Waals surface area contributed by atoms with E-state index in [4.69, 9.17) is 5.73 Å². The van der Waals surface area contributed by atoms with Crippen molar-refractivity contribution >= 4 is 30.1 Å². The largest absolute Gasteiger partial charge is 0.341 e. The molecule has 1 amide bonds. The van der Waals surface area contributed by atoms with Crippen LogP contribution in [-0.2, 0) is 4.79 Å². The van der Waals surface area contributed by atoms with Crippen molar-refractivity contribution in [2.24, 2.45) is 11.7 Å². The van der Waals surface area contributed by atoms with Gasteiger partial charge >= 0.3 is 0 Å². The van der Waals surface area contributed by atoms with Crippen molar-refractivity contribution in [2.75, 3.05) is 18.6 Å². The Morgan fingerprint density at radius 2 is 2.25 bits per heavy atom. The Morgan fingerprint density at radius 3 is 2.69 bits per heavy atom. The van der Waals surface area contributed by atoms with Gasteiger partial charge in [-0.25, -0.2) is 0 Å². The van der Waals surface area contributed by atoms with Crippen LogP contribution in [0.2, 0.25) is 0 Å². The van der Waals surface area contributed by atoms with Crippen molar-refractivity contribution in [2.45, 2.75) is 38.8 Å². The van der Waals surface area contributed by atoms with Gasteiger partial charge in [-0.15, -0.1) is 12.4 Å². The normalized spacial score (nSPS) is 23.4. The first-order valence-corrected chi connectivity index (χ1v) is 6.83. The number of carbonyl (C=O) groups is 1. The minimum absolute atomic E-state index is 0. The summed E-state index contributed by atoms with van der Waals surface area (Å²) < 4.78 is 0. The Morgan fingerprint density at radius 1 is 1.62 bits per heavy atom. The molecule has 0 aromatic rings. The number of likely N-dealkylation sites (N-methyl/N-ethyl adjacent to an activating group) is 1. The minimum Gasteiger partial charge on any atom is -0.341 e. The molecular formula is C11H23ClN2OS. The molecule has 1 aliphatic rings. The molecule has 2 N–H and O–H groups in total. The van der Waals surface area contributed by atoms with E-state index in [-0.39, 0.29) is 30.3 Å². The number of hydrogen-bond donors (Lipinski definition) is 1. The smallest absolute Gasteiger partial charge is 0.239 e. The highest BCUT2D eigenvalue weighted by Crippen LogP contribution is 2.22. The Hall–Kier alpha value is 0.0700. The van der Waals surface area contributed by atoms with Crippen LogP contribution < -0.4 is 5.73 Å². The Bertz CT molecular complexity index is 222. The summed E-state index contributed by atoms with van der Waals surface area (Å²) in [4.78, 5) is 13.9. The van der Waals surface area contributed by atoms with Crippen LogP contribution in [0.3, 0.4) is 0 Å². The molecule has 3 nitrogen and oxygen atoms in total. The van der Waals surface area contributed by atoms with Gasteiger partial charge in [-0.05, 0) is 18.1 Å². The van der Waals surface area contributed by atoms with Gasteiger partial charge in [0.1, 0.15) is 0 Å². The van der Waals surface area contributed by atoms with E-state index < -0.39 is 0 Å². The highest BCUT2D eigenvalue weighted by atomic mass is 35.5. The Balaban J connectivity index is 0.00000225. The van der Waals surface area contributed by atoms with Crippen LogP contribution in [0.5, 0.6) is 0 Å². The highest BCUT2D eigenvalue weighted by molar-refractivity contribution is 7.99. The summed E-state index contributed by atoms with van der Waals surface area (Å²) in [5.41, 5.74) is 5.94. The molecule has 0 aromatic carbocycles. The van der Waals surface area contributed by atoms with Gasteiger partial charge < -0.3 is 10.6 Å². The van der Waals surface area contributed by atoms with Gasteiger partial charge in [0.25, 0.3) is 0 Å². The first kappa shape index (κ1) is 16.1. The zero-order chi connectivity index (χ0) is 11.4. The lowest BCUT2D eigenvalue weighted by Gasteiger charge is -2.28. The Kier molecular flexibility index (Phi) is 7.44. The van der Waals surface area contributed by atoms with E-state index in [9.17, 15) is 4.79 Å². The van der Waals surface area contributed by atoms with Crippen LogP contribution in [0, 0.1) is 5.92 Å². The molecule has 0 saturated carbocycles. The molecule has 3 unspecified atom stereocenters. The van der Waals surface area contributed by atoms with Crippen molar-refractivity contribution in [3.63, 3.8) is 0 Å². The fourth-order valence-corrected chi connectivity index (χ4v) is 3.01. The molecule has 0 radical (unpaired) electrons. The van der Waals surface area contributed by atoms with Crippen LogP contribution in [0.15, 0.2) is 0 Å². The van der Waals surface area contributed by atoms with E-state index in [1.807, 2.05) is 30.6 Å². The van der Waals surface area contributed by atoms with Crippen LogP contribution in [0.1, 0.15) is 26.7 Å². The van der Waals surface area contributed by atoms with Crippen LogP contribution in [0.25, 0.3) is 0 Å². The molecule has 1 saturated heterocycles. The summed E-state index contributed by atoms with van der Waals surface area (Å²) in [6.45, 7) is 4.11. The summed E-state index contributed by atoms with van der Waals surface area (Å²) in [6, 6.07) is 0.0724. The Labute approximate surface area is 109 Å². The summed E-state index contributed by atoms with van der Waals surface area (Å²) >= 11 is 1.92. The van der Waals surface area contributed by atoms with Gasteiger partial charge in [0.15, 0.2) is 0 Å². The second-order valence-corrected chi connectivity index (χ2v) is 5.53. The molecule has 0 aliphatic carbocycles. The molecule has 1 aliphatic heterocycles. The predicted octanol–water partition coefficient (Wildman–Crippen LogP) is 1.75. The average Bonchev–Trinajstić information content (AvgIpc) is 2.78. The number of nitrogens with two attached hydrogens (primary N) is 1. The van der Waals surface area contributed by atoms with Gasteiger partial charge in [0.2, 0.25) is 5.91 Å². The van der Waals surface area contributed by atoms with E-state index in [1.54, 1.807) is 0 Å². The number of hydrogen-bond acceptors (Lipinski definition) is 3. The van der Waals surface area contributed by atoms with Crippen molar-refractivity contribution in [1.82, 2.24) is 4.90 Å². The number of carbonyl (C=O) groups excluding carboxylic acids is 1. The zero-order valence-electron chi connectivity index (χ0n) is 10.3. The standard InChI is InChI=1S/C11H22N2OS.ClH/c1-4-8(2)10(12)11(14)13(3)9-5-6-15-7-9;/h8-10H,4-7,12H2,1-3H3;1H. The van der Waals surface area contributed by atoms with Gasteiger partial charge in [-0.1, -0.05) is 20.3 Å². The molecule has 0 spiro atoms. The van der Waals surface area contributed by atoms with Crippen molar-refractivity contribution in [3.8, 4) is 0 Å². The maximum atomic E-state index is 12.0. The second-order valence-electron chi connectivity index (χ2n) is 4.38. The van der Waals surface area contributed by atoms with Gasteiger partial charge in [-0.3, -0.25) is 4.79 Å². The van der Waals surface area contributed by atoms with E-state index in [1.165, 1.54) is 5.75 Å². The van der Waals surface area contributed by atoms with Crippen LogP contribution >= 0.6 is 24.2 Å². The maximum Gasteiger partial charge on any atom is 0.239 e. The maximum absolute atomic E-state index is 12.0. The SMILES string of the molecule is CCC(C)C(N)C(=O)N(C)C1CCSC1.Cl. The van der Waals surface area contributed by atoms with E-state index >= 15 is 0 Å². The summed E-state index contributed by atoms with van der Waals surface area (Å²) in [5.74, 6) is 2.61.